The molecule has 0 amide bonds. The van der Waals surface area contributed by atoms with E-state index in [0.717, 1.165) is 19.3 Å². The summed E-state index contributed by atoms with van der Waals surface area (Å²) in [5, 5.41) is 0. The van der Waals surface area contributed by atoms with Gasteiger partial charge in [0, 0.05) is 10.5 Å². The summed E-state index contributed by atoms with van der Waals surface area (Å²) in [5.74, 6) is 0. The van der Waals surface area contributed by atoms with Gasteiger partial charge in [-0.25, -0.2) is 0 Å². The summed E-state index contributed by atoms with van der Waals surface area (Å²) in [5.41, 5.74) is 9.27. The van der Waals surface area contributed by atoms with Crippen LogP contribution in [0.3, 0.4) is 0 Å². The van der Waals surface area contributed by atoms with Crippen LogP contribution in [0.2, 0.25) is 0 Å². The highest BCUT2D eigenvalue weighted by atomic mass is 79.9. The molecule has 0 spiro atoms. The van der Waals surface area contributed by atoms with Crippen molar-refractivity contribution in [1.29, 1.82) is 0 Å². The van der Waals surface area contributed by atoms with Crippen molar-refractivity contribution in [1.82, 2.24) is 0 Å². The van der Waals surface area contributed by atoms with Gasteiger partial charge < -0.3 is 5.73 Å². The molecule has 1 unspecified atom stereocenters. The van der Waals surface area contributed by atoms with Gasteiger partial charge in [-0.2, -0.15) is 0 Å². The van der Waals surface area contributed by atoms with Crippen LogP contribution in [0.25, 0.3) is 0 Å². The lowest BCUT2D eigenvalue weighted by atomic mass is 9.74. The Balaban J connectivity index is 2.17. The van der Waals surface area contributed by atoms with Crippen LogP contribution in [-0.4, -0.2) is 6.04 Å². The molecule has 0 aromatic heterocycles. The number of hydrogen-bond donors (Lipinski definition) is 1. The third kappa shape index (κ3) is 3.43. The van der Waals surface area contributed by atoms with Crippen LogP contribution in [0.1, 0.15) is 32.3 Å². The zero-order chi connectivity index (χ0) is 12.5. The first kappa shape index (κ1) is 12.8. The maximum absolute atomic E-state index is 6.10. The van der Waals surface area contributed by atoms with E-state index >= 15 is 0 Å². The first-order valence-electron chi connectivity index (χ1n) is 6.15. The van der Waals surface area contributed by atoms with Crippen molar-refractivity contribution in [2.24, 2.45) is 11.1 Å². The predicted molar refractivity (Wildman–Crippen MR) is 76.9 cm³/mol. The van der Waals surface area contributed by atoms with Gasteiger partial charge in [0.2, 0.25) is 0 Å². The molecule has 0 radical (unpaired) electrons. The summed E-state index contributed by atoms with van der Waals surface area (Å²) in [6.45, 7) is 4.61. The molecule has 2 heteroatoms. The Bertz CT molecular complexity index is 434. The Labute approximate surface area is 112 Å². The summed E-state index contributed by atoms with van der Waals surface area (Å²) in [6.07, 6.45) is 5.51. The second kappa shape index (κ2) is 4.95. The molecule has 0 bridgehead atoms. The highest BCUT2D eigenvalue weighted by molar-refractivity contribution is 9.10. The molecular weight excluding hydrogens is 274 g/mol. The average Bonchev–Trinajstić information content (AvgIpc) is 2.18. The highest BCUT2D eigenvalue weighted by Gasteiger charge is 2.26. The van der Waals surface area contributed by atoms with Crippen molar-refractivity contribution < 1.29 is 0 Å². The summed E-state index contributed by atoms with van der Waals surface area (Å²) >= 11 is 3.61. The van der Waals surface area contributed by atoms with E-state index in [-0.39, 0.29) is 6.04 Å². The Hall–Kier alpha value is -0.600. The van der Waals surface area contributed by atoms with E-state index in [0.29, 0.717) is 5.41 Å². The topological polar surface area (TPSA) is 26.0 Å². The lowest BCUT2D eigenvalue weighted by Crippen LogP contribution is -2.31. The molecule has 1 atom stereocenters. The van der Waals surface area contributed by atoms with Crippen LogP contribution in [0.5, 0.6) is 0 Å². The summed E-state index contributed by atoms with van der Waals surface area (Å²) < 4.78 is 1.19. The Kier molecular flexibility index (Phi) is 3.74. The number of halogens is 1. The highest BCUT2D eigenvalue weighted by Crippen LogP contribution is 2.36. The van der Waals surface area contributed by atoms with E-state index in [1.165, 1.54) is 15.6 Å². The van der Waals surface area contributed by atoms with Crippen molar-refractivity contribution in [3.05, 3.63) is 46.0 Å². The maximum Gasteiger partial charge on any atom is 0.0231 e. The van der Waals surface area contributed by atoms with Gasteiger partial charge in [-0.1, -0.05) is 59.6 Å². The smallest absolute Gasteiger partial charge is 0.0231 e. The second-order valence-electron chi connectivity index (χ2n) is 5.80. The zero-order valence-corrected chi connectivity index (χ0v) is 12.1. The van der Waals surface area contributed by atoms with Gasteiger partial charge in [0.15, 0.2) is 0 Å². The number of hydrogen-bond acceptors (Lipinski definition) is 1. The molecule has 0 saturated heterocycles. The van der Waals surface area contributed by atoms with Gasteiger partial charge in [-0.05, 0) is 36.3 Å². The van der Waals surface area contributed by atoms with Crippen LogP contribution in [-0.2, 0) is 6.42 Å². The summed E-state index contributed by atoms with van der Waals surface area (Å²) in [4.78, 5) is 0. The monoisotopic (exact) mass is 293 g/mol. The minimum Gasteiger partial charge on any atom is -0.324 e. The van der Waals surface area contributed by atoms with Gasteiger partial charge in [0.05, 0.1) is 0 Å². The van der Waals surface area contributed by atoms with E-state index in [1.807, 2.05) is 0 Å². The maximum atomic E-state index is 6.10. The van der Waals surface area contributed by atoms with Crippen LogP contribution in [0, 0.1) is 5.41 Å². The molecule has 2 N–H and O–H groups in total. The predicted octanol–water partition coefficient (Wildman–Crippen LogP) is 4.07. The van der Waals surface area contributed by atoms with Crippen LogP contribution < -0.4 is 5.73 Å². The molecular formula is C15H20BrN. The lowest BCUT2D eigenvalue weighted by Gasteiger charge is -2.33. The molecule has 0 fully saturated rings. The minimum atomic E-state index is 0.219. The second-order valence-corrected chi connectivity index (χ2v) is 6.66. The fourth-order valence-corrected chi connectivity index (χ4v) is 3.18. The van der Waals surface area contributed by atoms with Crippen molar-refractivity contribution in [3.63, 3.8) is 0 Å². The first-order chi connectivity index (χ1) is 7.96. The standard InChI is InChI=1S/C15H20BrN/c1-15(2)9-11(8-13(17)10-15)7-12-5-3-4-6-14(12)16/h3-6,8,13H,7,9-10,17H2,1-2H3. The largest absolute Gasteiger partial charge is 0.324 e. The SMILES string of the molecule is CC1(C)CC(Cc2ccccc2Br)=CC(N)C1. The summed E-state index contributed by atoms with van der Waals surface area (Å²) in [7, 11) is 0. The molecule has 0 heterocycles. The molecule has 0 aliphatic heterocycles. The van der Waals surface area contributed by atoms with Crippen LogP contribution in [0.15, 0.2) is 40.4 Å². The number of nitrogens with two attached hydrogens (primary N) is 1. The molecule has 1 aromatic carbocycles. The van der Waals surface area contributed by atoms with E-state index in [9.17, 15) is 0 Å². The van der Waals surface area contributed by atoms with Gasteiger partial charge in [0.25, 0.3) is 0 Å². The third-order valence-electron chi connectivity index (χ3n) is 3.32. The van der Waals surface area contributed by atoms with Crippen molar-refractivity contribution in [2.75, 3.05) is 0 Å². The molecule has 1 aromatic rings. The molecule has 17 heavy (non-hydrogen) atoms. The number of benzene rings is 1. The van der Waals surface area contributed by atoms with Crippen molar-refractivity contribution >= 4 is 15.9 Å². The average molecular weight is 294 g/mol. The lowest BCUT2D eigenvalue weighted by molar-refractivity contribution is 0.299. The number of allylic oxidation sites excluding steroid dienone is 1. The van der Waals surface area contributed by atoms with Crippen LogP contribution in [0.4, 0.5) is 0 Å². The Morgan fingerprint density at radius 3 is 2.71 bits per heavy atom. The normalized spacial score (nSPS) is 23.3. The van der Waals surface area contributed by atoms with Crippen LogP contribution >= 0.6 is 15.9 Å². The van der Waals surface area contributed by atoms with E-state index in [4.69, 9.17) is 5.73 Å². The van der Waals surface area contributed by atoms with Gasteiger partial charge in [-0.15, -0.1) is 0 Å². The summed E-state index contributed by atoms with van der Waals surface area (Å²) in [6, 6.07) is 8.64. The quantitative estimate of drug-likeness (QED) is 0.818. The third-order valence-corrected chi connectivity index (χ3v) is 4.09. The van der Waals surface area contributed by atoms with E-state index < -0.39 is 0 Å². The number of rotatable bonds is 2. The van der Waals surface area contributed by atoms with Crippen molar-refractivity contribution in [2.45, 2.75) is 39.2 Å². The van der Waals surface area contributed by atoms with E-state index in [1.54, 1.807) is 0 Å². The molecule has 92 valence electrons. The van der Waals surface area contributed by atoms with Gasteiger partial charge >= 0.3 is 0 Å². The molecule has 2 rings (SSSR count). The van der Waals surface area contributed by atoms with Crippen molar-refractivity contribution in [3.8, 4) is 0 Å². The fraction of sp³-hybridized carbons (Fsp3) is 0.467. The molecule has 0 saturated carbocycles. The Morgan fingerprint density at radius 2 is 2.06 bits per heavy atom. The zero-order valence-electron chi connectivity index (χ0n) is 10.5. The molecule has 1 aliphatic carbocycles. The fourth-order valence-electron chi connectivity index (χ4n) is 2.75. The first-order valence-corrected chi connectivity index (χ1v) is 6.94. The van der Waals surface area contributed by atoms with E-state index in [2.05, 4.69) is 60.1 Å². The Morgan fingerprint density at radius 1 is 1.35 bits per heavy atom. The molecule has 1 aliphatic rings. The van der Waals surface area contributed by atoms with Gasteiger partial charge in [-0.3, -0.25) is 0 Å². The van der Waals surface area contributed by atoms with Gasteiger partial charge in [0.1, 0.15) is 0 Å². The molecule has 1 nitrogen and oxygen atoms in total. The minimum absolute atomic E-state index is 0.219.